The van der Waals surface area contributed by atoms with Crippen LogP contribution in [0.4, 0.5) is 16.5 Å². The fraction of sp³-hybridized carbons (Fsp3) is 0.385. The number of hydrogen-bond acceptors (Lipinski definition) is 6. The zero-order chi connectivity index (χ0) is 24.4. The van der Waals surface area contributed by atoms with Gasteiger partial charge in [-0.3, -0.25) is 19.3 Å². The number of nitrogens with zero attached hydrogens (tertiary/aromatic N) is 2. The van der Waals surface area contributed by atoms with E-state index in [1.54, 1.807) is 18.2 Å². The molecule has 1 fully saturated rings. The molecule has 0 spiro atoms. The molecule has 3 amide bonds. The highest BCUT2D eigenvalue weighted by Gasteiger charge is 2.34. The highest BCUT2D eigenvalue weighted by atomic mass is 32.1. The molecule has 2 heterocycles. The van der Waals surface area contributed by atoms with Crippen molar-refractivity contribution in [3.63, 3.8) is 0 Å². The van der Waals surface area contributed by atoms with Gasteiger partial charge in [-0.15, -0.1) is 0 Å². The minimum atomic E-state index is -0.677. The third-order valence-electron chi connectivity index (χ3n) is 6.61. The number of rotatable bonds is 6. The third-order valence-corrected chi connectivity index (χ3v) is 7.56. The third kappa shape index (κ3) is 4.86. The number of nitrogens with one attached hydrogen (secondary N) is 2. The van der Waals surface area contributed by atoms with Crippen LogP contribution in [0.2, 0.25) is 0 Å². The zero-order valence-corrected chi connectivity index (χ0v) is 20.4. The Kier molecular flexibility index (Phi) is 6.68. The molecule has 1 aliphatic carbocycles. The van der Waals surface area contributed by atoms with Crippen LogP contribution >= 0.6 is 11.3 Å². The van der Waals surface area contributed by atoms with E-state index in [1.165, 1.54) is 22.7 Å². The molecule has 1 atom stereocenters. The van der Waals surface area contributed by atoms with Gasteiger partial charge in [0, 0.05) is 11.6 Å². The Morgan fingerprint density at radius 1 is 1.14 bits per heavy atom. The summed E-state index contributed by atoms with van der Waals surface area (Å²) >= 11 is 1.42. The lowest BCUT2D eigenvalue weighted by Crippen LogP contribution is -2.51. The van der Waals surface area contributed by atoms with Gasteiger partial charge < -0.3 is 15.4 Å². The van der Waals surface area contributed by atoms with E-state index < -0.39 is 6.04 Å². The van der Waals surface area contributed by atoms with Crippen LogP contribution < -0.4 is 20.3 Å². The van der Waals surface area contributed by atoms with Crippen LogP contribution in [0.3, 0.4) is 0 Å². The van der Waals surface area contributed by atoms with Gasteiger partial charge in [-0.1, -0.05) is 49.7 Å². The second-order valence-corrected chi connectivity index (χ2v) is 9.99. The van der Waals surface area contributed by atoms with E-state index in [2.05, 4.69) is 15.6 Å². The second kappa shape index (κ2) is 10.0. The molecule has 1 aliphatic heterocycles. The molecule has 0 radical (unpaired) electrons. The van der Waals surface area contributed by atoms with Crippen molar-refractivity contribution in [1.29, 1.82) is 0 Å². The number of aromatic nitrogens is 1. The summed E-state index contributed by atoms with van der Waals surface area (Å²) in [6, 6.07) is 12.0. The van der Waals surface area contributed by atoms with Crippen molar-refractivity contribution in [2.75, 3.05) is 22.1 Å². The molecule has 182 valence electrons. The smallest absolute Gasteiger partial charge is 0.265 e. The van der Waals surface area contributed by atoms with Crippen molar-refractivity contribution < 1.29 is 19.1 Å². The molecule has 1 unspecified atom stereocenters. The largest absolute Gasteiger partial charge is 0.482 e. The first-order chi connectivity index (χ1) is 17.0. The first-order valence-electron chi connectivity index (χ1n) is 12.1. The number of thiazole rings is 1. The Morgan fingerprint density at radius 3 is 2.74 bits per heavy atom. The van der Waals surface area contributed by atoms with Gasteiger partial charge >= 0.3 is 0 Å². The van der Waals surface area contributed by atoms with Gasteiger partial charge in [0.1, 0.15) is 11.8 Å². The van der Waals surface area contributed by atoms with Crippen LogP contribution in [-0.4, -0.2) is 35.4 Å². The molecule has 1 saturated carbocycles. The standard InChI is InChI=1S/C26H28N4O4S/c1-2-19(30-20-10-6-7-11-21(20)34-15-23(30)31)25(33)27-17-12-13-22-18(14-17)28-26(35-22)29-24(32)16-8-4-3-5-9-16/h6-7,10-14,16,19H,2-5,8-9,15H2,1H3,(H,27,33)(H,28,29,32). The normalized spacial score (nSPS) is 16.9. The molecule has 9 heteroatoms. The minimum absolute atomic E-state index is 0.0403. The van der Waals surface area contributed by atoms with Gasteiger partial charge in [0.2, 0.25) is 11.8 Å². The minimum Gasteiger partial charge on any atom is -0.482 e. The first kappa shape index (κ1) is 23.3. The molecule has 1 aromatic heterocycles. The topological polar surface area (TPSA) is 101 Å². The van der Waals surface area contributed by atoms with Crippen molar-refractivity contribution >= 4 is 55.8 Å². The number of amides is 3. The molecule has 2 N–H and O–H groups in total. The number of fused-ring (bicyclic) bond motifs is 2. The highest BCUT2D eigenvalue weighted by molar-refractivity contribution is 7.22. The summed E-state index contributed by atoms with van der Waals surface area (Å²) in [6.07, 6.45) is 5.71. The van der Waals surface area contributed by atoms with Crippen LogP contribution in [0.15, 0.2) is 42.5 Å². The molecule has 2 aromatic carbocycles. The van der Waals surface area contributed by atoms with Crippen LogP contribution in [0.5, 0.6) is 5.75 Å². The van der Waals surface area contributed by atoms with Gasteiger partial charge in [0.15, 0.2) is 11.7 Å². The molecule has 35 heavy (non-hydrogen) atoms. The monoisotopic (exact) mass is 492 g/mol. The van der Waals surface area contributed by atoms with Gasteiger partial charge in [-0.25, -0.2) is 4.98 Å². The lowest BCUT2D eigenvalue weighted by molar-refractivity contribution is -0.125. The average Bonchev–Trinajstić information content (AvgIpc) is 3.27. The zero-order valence-electron chi connectivity index (χ0n) is 19.6. The van der Waals surface area contributed by atoms with Crippen LogP contribution in [0, 0.1) is 5.92 Å². The molecule has 0 saturated heterocycles. The van der Waals surface area contributed by atoms with Crippen LogP contribution in [0.1, 0.15) is 45.4 Å². The first-order valence-corrected chi connectivity index (χ1v) is 12.9. The maximum atomic E-state index is 13.2. The predicted molar refractivity (Wildman–Crippen MR) is 137 cm³/mol. The maximum absolute atomic E-state index is 13.2. The van der Waals surface area contributed by atoms with Gasteiger partial charge in [-0.05, 0) is 49.6 Å². The molecular formula is C26H28N4O4S. The molecule has 8 nitrogen and oxygen atoms in total. The summed E-state index contributed by atoms with van der Waals surface area (Å²) < 4.78 is 6.44. The summed E-state index contributed by atoms with van der Waals surface area (Å²) in [7, 11) is 0. The molecule has 0 bridgehead atoms. The quantitative estimate of drug-likeness (QED) is 0.507. The molecule has 5 rings (SSSR count). The number of carbonyl (C=O) groups is 3. The molecule has 3 aromatic rings. The Labute approximate surface area is 207 Å². The number of anilines is 3. The van der Waals surface area contributed by atoms with Gasteiger partial charge in [-0.2, -0.15) is 0 Å². The fourth-order valence-electron chi connectivity index (χ4n) is 4.80. The lowest BCUT2D eigenvalue weighted by atomic mass is 9.89. The van der Waals surface area contributed by atoms with E-state index in [9.17, 15) is 14.4 Å². The van der Waals surface area contributed by atoms with Crippen molar-refractivity contribution in [2.45, 2.75) is 51.5 Å². The number of carbonyl (C=O) groups excluding carboxylic acids is 3. The highest BCUT2D eigenvalue weighted by Crippen LogP contribution is 2.34. The van der Waals surface area contributed by atoms with Crippen LogP contribution in [0.25, 0.3) is 10.2 Å². The number of para-hydroxylation sites is 2. The maximum Gasteiger partial charge on any atom is 0.265 e. The predicted octanol–water partition coefficient (Wildman–Crippen LogP) is 4.96. The number of ether oxygens (including phenoxy) is 1. The number of hydrogen-bond donors (Lipinski definition) is 2. The molecule has 2 aliphatic rings. The number of benzene rings is 2. The summed E-state index contributed by atoms with van der Waals surface area (Å²) in [5, 5.41) is 6.48. The average molecular weight is 493 g/mol. The second-order valence-electron chi connectivity index (χ2n) is 8.96. The summed E-state index contributed by atoms with van der Waals surface area (Å²) in [5.41, 5.74) is 1.89. The summed E-state index contributed by atoms with van der Waals surface area (Å²) in [5.74, 6) is 0.158. The van der Waals surface area contributed by atoms with E-state index in [0.29, 0.717) is 34.2 Å². The molecular weight excluding hydrogens is 464 g/mol. The SMILES string of the molecule is CCC(C(=O)Nc1ccc2sc(NC(=O)C3CCCCC3)nc2c1)N1C(=O)COc2ccccc21. The van der Waals surface area contributed by atoms with Gasteiger partial charge in [0.25, 0.3) is 5.91 Å². The van der Waals surface area contributed by atoms with E-state index in [-0.39, 0.29) is 30.2 Å². The van der Waals surface area contributed by atoms with Gasteiger partial charge in [0.05, 0.1) is 15.9 Å². The fourth-order valence-corrected chi connectivity index (χ4v) is 5.65. The Hall–Kier alpha value is -3.46. The van der Waals surface area contributed by atoms with E-state index in [0.717, 1.165) is 30.4 Å². The van der Waals surface area contributed by atoms with Crippen molar-refractivity contribution in [2.24, 2.45) is 5.92 Å². The van der Waals surface area contributed by atoms with E-state index in [4.69, 9.17) is 4.74 Å². The van der Waals surface area contributed by atoms with Crippen molar-refractivity contribution in [1.82, 2.24) is 4.98 Å². The summed E-state index contributed by atoms with van der Waals surface area (Å²) in [4.78, 5) is 44.6. The Morgan fingerprint density at radius 2 is 1.94 bits per heavy atom. The summed E-state index contributed by atoms with van der Waals surface area (Å²) in [6.45, 7) is 1.78. The lowest BCUT2D eigenvalue weighted by Gasteiger charge is -2.34. The van der Waals surface area contributed by atoms with Crippen molar-refractivity contribution in [3.8, 4) is 5.75 Å². The van der Waals surface area contributed by atoms with E-state index >= 15 is 0 Å². The van der Waals surface area contributed by atoms with Crippen molar-refractivity contribution in [3.05, 3.63) is 42.5 Å². The Balaban J connectivity index is 1.31. The van der Waals surface area contributed by atoms with E-state index in [1.807, 2.05) is 31.2 Å². The van der Waals surface area contributed by atoms with Crippen LogP contribution in [-0.2, 0) is 14.4 Å². The Bertz CT molecular complexity index is 1270.